The zero-order valence-corrected chi connectivity index (χ0v) is 7.01. The van der Waals surface area contributed by atoms with Gasteiger partial charge >= 0.3 is 5.97 Å². The van der Waals surface area contributed by atoms with Crippen LogP contribution in [0.2, 0.25) is 0 Å². The van der Waals surface area contributed by atoms with E-state index >= 15 is 0 Å². The number of nitrogens with zero attached hydrogens (tertiary/aromatic N) is 1. The van der Waals surface area contributed by atoms with Crippen molar-refractivity contribution in [3.8, 4) is 5.75 Å². The van der Waals surface area contributed by atoms with Crippen LogP contribution in [0.5, 0.6) is 5.75 Å². The van der Waals surface area contributed by atoms with E-state index in [-0.39, 0.29) is 30.2 Å². The highest BCUT2D eigenvalue weighted by molar-refractivity contribution is 5.85. The molecular weight excluding hydrogens is 190 g/mol. The van der Waals surface area contributed by atoms with Crippen LogP contribution in [-0.4, -0.2) is 27.6 Å². The molecule has 2 N–H and O–H groups in total. The summed E-state index contributed by atoms with van der Waals surface area (Å²) >= 11 is 0. The first-order chi connectivity index (χ1) is 6.65. The minimum Gasteiger partial charge on any atom is -0.506 e. The Morgan fingerprint density at radius 3 is 2.86 bits per heavy atom. The van der Waals surface area contributed by atoms with Crippen LogP contribution in [0.25, 0.3) is 0 Å². The minimum atomic E-state index is -1.21. The molecule has 0 saturated heterocycles. The van der Waals surface area contributed by atoms with Gasteiger partial charge in [-0.15, -0.1) is 0 Å². The number of pyridine rings is 1. The lowest BCUT2D eigenvalue weighted by molar-refractivity contribution is -0.129. The van der Waals surface area contributed by atoms with E-state index in [4.69, 9.17) is 5.11 Å². The molecular formula is C8H7NO5. The van der Waals surface area contributed by atoms with Crippen molar-refractivity contribution in [1.82, 2.24) is 4.98 Å². The fourth-order valence-electron chi connectivity index (χ4n) is 0.832. The number of carboxylic acid groups (broad SMARTS) is 1. The number of rotatable bonds is 4. The van der Waals surface area contributed by atoms with Crippen LogP contribution in [-0.2, 0) is 16.1 Å². The fraction of sp³-hybridized carbons (Fsp3) is 0.125. The average molecular weight is 197 g/mol. The molecule has 0 unspecified atom stereocenters. The Balaban J connectivity index is 2.95. The van der Waals surface area contributed by atoms with Gasteiger partial charge in [0.25, 0.3) is 6.47 Å². The molecule has 0 fully saturated rings. The van der Waals surface area contributed by atoms with Crippen molar-refractivity contribution in [2.75, 3.05) is 0 Å². The summed E-state index contributed by atoms with van der Waals surface area (Å²) < 4.78 is 4.34. The standard InChI is InChI=1S/C8H7NO5/c10-4-14-3-6-7(11)2-1-5(9-6)8(12)13/h1-2,4,11H,3H2,(H,12,13). The van der Waals surface area contributed by atoms with Gasteiger partial charge in [0.15, 0.2) is 0 Å². The molecule has 14 heavy (non-hydrogen) atoms. The number of carbonyl (C=O) groups is 2. The van der Waals surface area contributed by atoms with Gasteiger partial charge < -0.3 is 14.9 Å². The first-order valence-electron chi connectivity index (χ1n) is 3.62. The van der Waals surface area contributed by atoms with Crippen LogP contribution < -0.4 is 0 Å². The van der Waals surface area contributed by atoms with Gasteiger partial charge in [-0.1, -0.05) is 0 Å². The molecule has 0 spiro atoms. The van der Waals surface area contributed by atoms with Crippen molar-refractivity contribution in [3.05, 3.63) is 23.5 Å². The Morgan fingerprint density at radius 2 is 2.29 bits per heavy atom. The number of ether oxygens (including phenoxy) is 1. The second-order valence-electron chi connectivity index (χ2n) is 2.37. The molecule has 1 rings (SSSR count). The highest BCUT2D eigenvalue weighted by atomic mass is 16.5. The Morgan fingerprint density at radius 1 is 1.57 bits per heavy atom. The second kappa shape index (κ2) is 4.22. The van der Waals surface area contributed by atoms with Gasteiger partial charge in [0.1, 0.15) is 23.7 Å². The molecule has 0 atom stereocenters. The lowest BCUT2D eigenvalue weighted by Crippen LogP contribution is -2.04. The third-order valence-corrected chi connectivity index (χ3v) is 1.46. The molecule has 1 aromatic rings. The van der Waals surface area contributed by atoms with Gasteiger partial charge in [0.05, 0.1) is 0 Å². The lowest BCUT2D eigenvalue weighted by Gasteiger charge is -2.02. The molecule has 0 aliphatic heterocycles. The molecule has 0 amide bonds. The highest BCUT2D eigenvalue weighted by Crippen LogP contribution is 2.15. The zero-order valence-electron chi connectivity index (χ0n) is 7.01. The van der Waals surface area contributed by atoms with Gasteiger partial charge in [0.2, 0.25) is 0 Å². The zero-order chi connectivity index (χ0) is 10.6. The van der Waals surface area contributed by atoms with Crippen LogP contribution in [0.4, 0.5) is 0 Å². The van der Waals surface area contributed by atoms with Gasteiger partial charge in [-0.05, 0) is 12.1 Å². The van der Waals surface area contributed by atoms with Crippen molar-refractivity contribution >= 4 is 12.4 Å². The van der Waals surface area contributed by atoms with E-state index in [1.165, 1.54) is 6.07 Å². The summed E-state index contributed by atoms with van der Waals surface area (Å²) in [4.78, 5) is 23.9. The van der Waals surface area contributed by atoms with Crippen molar-refractivity contribution in [3.63, 3.8) is 0 Å². The number of hydrogen-bond donors (Lipinski definition) is 2. The highest BCUT2D eigenvalue weighted by Gasteiger charge is 2.09. The largest absolute Gasteiger partial charge is 0.506 e. The van der Waals surface area contributed by atoms with Gasteiger partial charge in [0, 0.05) is 0 Å². The maximum atomic E-state index is 10.5. The van der Waals surface area contributed by atoms with Crippen LogP contribution in [0.3, 0.4) is 0 Å². The van der Waals surface area contributed by atoms with E-state index in [1.54, 1.807) is 0 Å². The number of carbonyl (C=O) groups excluding carboxylic acids is 1. The van der Waals surface area contributed by atoms with Crippen LogP contribution >= 0.6 is 0 Å². The smallest absolute Gasteiger partial charge is 0.354 e. The van der Waals surface area contributed by atoms with Crippen molar-refractivity contribution in [2.45, 2.75) is 6.61 Å². The Hall–Kier alpha value is -2.11. The number of aromatic carboxylic acids is 1. The fourth-order valence-corrected chi connectivity index (χ4v) is 0.832. The predicted molar refractivity (Wildman–Crippen MR) is 43.7 cm³/mol. The van der Waals surface area contributed by atoms with Crippen molar-refractivity contribution in [2.24, 2.45) is 0 Å². The quantitative estimate of drug-likeness (QED) is 0.667. The van der Waals surface area contributed by atoms with Crippen molar-refractivity contribution < 1.29 is 24.5 Å². The molecule has 0 radical (unpaired) electrons. The first kappa shape index (κ1) is 9.97. The van der Waals surface area contributed by atoms with E-state index in [2.05, 4.69) is 9.72 Å². The summed E-state index contributed by atoms with van der Waals surface area (Å²) in [6.45, 7) is -0.0645. The third-order valence-electron chi connectivity index (χ3n) is 1.46. The number of aromatic hydroxyl groups is 1. The maximum absolute atomic E-state index is 10.5. The van der Waals surface area contributed by atoms with Crippen LogP contribution in [0.1, 0.15) is 16.2 Å². The van der Waals surface area contributed by atoms with Crippen molar-refractivity contribution in [1.29, 1.82) is 0 Å². The molecule has 0 aliphatic carbocycles. The first-order valence-corrected chi connectivity index (χ1v) is 3.62. The summed E-state index contributed by atoms with van der Waals surface area (Å²) in [6.07, 6.45) is 0. The Labute approximate surface area is 78.8 Å². The third kappa shape index (κ3) is 2.19. The van der Waals surface area contributed by atoms with E-state index < -0.39 is 5.97 Å². The predicted octanol–water partition coefficient (Wildman–Crippen LogP) is 0.158. The molecule has 1 aromatic heterocycles. The average Bonchev–Trinajstić information content (AvgIpc) is 2.16. The molecule has 6 heteroatoms. The number of carboxylic acids is 1. The monoisotopic (exact) mass is 197 g/mol. The van der Waals surface area contributed by atoms with E-state index in [9.17, 15) is 14.7 Å². The summed E-state index contributed by atoms with van der Waals surface area (Å²) in [6, 6.07) is 2.34. The van der Waals surface area contributed by atoms with Crippen LogP contribution in [0, 0.1) is 0 Å². The molecule has 6 nitrogen and oxygen atoms in total. The minimum absolute atomic E-state index is 0.0111. The Kier molecular flexibility index (Phi) is 3.01. The molecule has 74 valence electrons. The van der Waals surface area contributed by atoms with E-state index in [0.717, 1.165) is 6.07 Å². The molecule has 0 aliphatic rings. The number of hydrogen-bond acceptors (Lipinski definition) is 5. The SMILES string of the molecule is O=COCc1nc(C(=O)O)ccc1O. The van der Waals surface area contributed by atoms with Gasteiger partial charge in [-0.25, -0.2) is 9.78 Å². The molecule has 0 bridgehead atoms. The van der Waals surface area contributed by atoms with Gasteiger partial charge in [-0.3, -0.25) is 4.79 Å². The Bertz CT molecular complexity index is 363. The lowest BCUT2D eigenvalue weighted by atomic mass is 10.3. The second-order valence-corrected chi connectivity index (χ2v) is 2.37. The molecule has 1 heterocycles. The van der Waals surface area contributed by atoms with Crippen LogP contribution in [0.15, 0.2) is 12.1 Å². The van der Waals surface area contributed by atoms with E-state index in [0.29, 0.717) is 0 Å². The maximum Gasteiger partial charge on any atom is 0.354 e. The normalized spacial score (nSPS) is 9.43. The van der Waals surface area contributed by atoms with E-state index in [1.807, 2.05) is 0 Å². The number of aromatic nitrogens is 1. The summed E-state index contributed by atoms with van der Waals surface area (Å²) in [5.41, 5.74) is -0.204. The summed E-state index contributed by atoms with van der Waals surface area (Å²) in [5.74, 6) is -1.42. The summed E-state index contributed by atoms with van der Waals surface area (Å²) in [5, 5.41) is 17.8. The van der Waals surface area contributed by atoms with Gasteiger partial charge in [-0.2, -0.15) is 0 Å². The molecule has 0 aromatic carbocycles. The summed E-state index contributed by atoms with van der Waals surface area (Å²) in [7, 11) is 0. The topological polar surface area (TPSA) is 96.7 Å². The molecule has 0 saturated carbocycles.